The van der Waals surface area contributed by atoms with E-state index in [1.165, 1.54) is 0 Å². The standard InChI is InChI=1S/C11H14N2O3/c1-8(11(15)13(16)9(2)14)12-10-6-4-3-5-7-10/h3-8,12,16H,1-2H3. The zero-order chi connectivity index (χ0) is 12.1. The third kappa shape index (κ3) is 3.06. The monoisotopic (exact) mass is 222 g/mol. The first-order valence-corrected chi connectivity index (χ1v) is 4.87. The second kappa shape index (κ2) is 5.27. The minimum absolute atomic E-state index is 0.112. The van der Waals surface area contributed by atoms with Crippen molar-refractivity contribution in [3.8, 4) is 0 Å². The SMILES string of the molecule is CC(=O)N(O)C(=O)C(C)Nc1ccccc1. The molecule has 16 heavy (non-hydrogen) atoms. The highest BCUT2D eigenvalue weighted by Gasteiger charge is 2.21. The van der Waals surface area contributed by atoms with Crippen LogP contribution in [0, 0.1) is 0 Å². The molecule has 5 nitrogen and oxygen atoms in total. The molecular formula is C11H14N2O3. The Kier molecular flexibility index (Phi) is 4.02. The zero-order valence-corrected chi connectivity index (χ0v) is 9.18. The summed E-state index contributed by atoms with van der Waals surface area (Å²) in [6, 6.07) is 8.41. The largest absolute Gasteiger partial charge is 0.374 e. The molecule has 0 aromatic heterocycles. The number of benzene rings is 1. The molecule has 2 N–H and O–H groups in total. The van der Waals surface area contributed by atoms with Gasteiger partial charge in [-0.25, -0.2) is 0 Å². The lowest BCUT2D eigenvalue weighted by atomic mass is 10.2. The molecule has 1 atom stereocenters. The van der Waals surface area contributed by atoms with Crippen LogP contribution in [0.1, 0.15) is 13.8 Å². The summed E-state index contributed by atoms with van der Waals surface area (Å²) in [5.74, 6) is -1.39. The van der Waals surface area contributed by atoms with Crippen LogP contribution in [-0.2, 0) is 9.59 Å². The van der Waals surface area contributed by atoms with Crippen molar-refractivity contribution < 1.29 is 14.8 Å². The maximum Gasteiger partial charge on any atom is 0.275 e. The van der Waals surface area contributed by atoms with Crippen LogP contribution >= 0.6 is 0 Å². The van der Waals surface area contributed by atoms with Gasteiger partial charge in [-0.1, -0.05) is 18.2 Å². The molecule has 0 aliphatic heterocycles. The molecule has 0 radical (unpaired) electrons. The van der Waals surface area contributed by atoms with Crippen molar-refractivity contribution in [1.82, 2.24) is 5.06 Å². The van der Waals surface area contributed by atoms with Gasteiger partial charge in [0.2, 0.25) is 5.91 Å². The molecule has 0 bridgehead atoms. The average Bonchev–Trinajstić information content (AvgIpc) is 2.28. The summed E-state index contributed by atoms with van der Waals surface area (Å²) in [6.07, 6.45) is 0. The Balaban J connectivity index is 2.62. The van der Waals surface area contributed by atoms with Crippen molar-refractivity contribution in [2.45, 2.75) is 19.9 Å². The molecule has 1 aromatic rings. The first-order chi connectivity index (χ1) is 7.52. The fourth-order valence-corrected chi connectivity index (χ4v) is 1.18. The molecule has 1 rings (SSSR count). The zero-order valence-electron chi connectivity index (χ0n) is 9.18. The van der Waals surface area contributed by atoms with E-state index in [0.29, 0.717) is 0 Å². The maximum absolute atomic E-state index is 11.5. The van der Waals surface area contributed by atoms with Gasteiger partial charge >= 0.3 is 0 Å². The molecule has 2 amide bonds. The van der Waals surface area contributed by atoms with Crippen molar-refractivity contribution in [3.05, 3.63) is 30.3 Å². The number of nitrogens with one attached hydrogen (secondary N) is 1. The Bertz CT molecular complexity index is 378. The smallest absolute Gasteiger partial charge is 0.275 e. The van der Waals surface area contributed by atoms with E-state index in [4.69, 9.17) is 5.21 Å². The van der Waals surface area contributed by atoms with Crippen LogP contribution in [0.25, 0.3) is 0 Å². The van der Waals surface area contributed by atoms with Gasteiger partial charge in [0.05, 0.1) is 0 Å². The normalized spacial score (nSPS) is 11.7. The maximum atomic E-state index is 11.5. The van der Waals surface area contributed by atoms with Crippen LogP contribution in [0.3, 0.4) is 0 Å². The summed E-state index contributed by atoms with van der Waals surface area (Å²) in [6.45, 7) is 2.69. The van der Waals surface area contributed by atoms with E-state index in [1.807, 2.05) is 18.2 Å². The predicted molar refractivity (Wildman–Crippen MR) is 58.8 cm³/mol. The molecule has 0 heterocycles. The average molecular weight is 222 g/mol. The fourth-order valence-electron chi connectivity index (χ4n) is 1.18. The van der Waals surface area contributed by atoms with Gasteiger partial charge in [-0.3, -0.25) is 14.8 Å². The summed E-state index contributed by atoms with van der Waals surface area (Å²) in [4.78, 5) is 22.3. The second-order valence-electron chi connectivity index (χ2n) is 3.40. The number of anilines is 1. The molecule has 0 fully saturated rings. The van der Waals surface area contributed by atoms with Crippen molar-refractivity contribution in [2.75, 3.05) is 5.32 Å². The van der Waals surface area contributed by atoms with Gasteiger partial charge in [-0.2, -0.15) is 5.06 Å². The Hall–Kier alpha value is -1.88. The third-order valence-electron chi connectivity index (χ3n) is 2.03. The van der Waals surface area contributed by atoms with E-state index in [2.05, 4.69) is 5.32 Å². The Morgan fingerprint density at radius 1 is 1.31 bits per heavy atom. The molecular weight excluding hydrogens is 208 g/mol. The molecule has 0 saturated heterocycles. The Labute approximate surface area is 93.6 Å². The summed E-state index contributed by atoms with van der Waals surface area (Å²) in [5.41, 5.74) is 0.750. The van der Waals surface area contributed by atoms with E-state index in [1.54, 1.807) is 19.1 Å². The summed E-state index contributed by atoms with van der Waals surface area (Å²) in [5, 5.41) is 12.1. The van der Waals surface area contributed by atoms with Gasteiger partial charge in [0.15, 0.2) is 0 Å². The van der Waals surface area contributed by atoms with E-state index in [-0.39, 0.29) is 5.06 Å². The highest BCUT2D eigenvalue weighted by molar-refractivity contribution is 5.96. The third-order valence-corrected chi connectivity index (χ3v) is 2.03. The molecule has 1 aromatic carbocycles. The van der Waals surface area contributed by atoms with Crippen LogP contribution < -0.4 is 5.32 Å². The van der Waals surface area contributed by atoms with Crippen molar-refractivity contribution >= 4 is 17.5 Å². The number of para-hydroxylation sites is 1. The number of hydroxylamine groups is 2. The number of hydrogen-bond acceptors (Lipinski definition) is 4. The van der Waals surface area contributed by atoms with Crippen LogP contribution in [0.2, 0.25) is 0 Å². The van der Waals surface area contributed by atoms with Crippen molar-refractivity contribution in [2.24, 2.45) is 0 Å². The molecule has 0 aliphatic carbocycles. The number of rotatable bonds is 3. The van der Waals surface area contributed by atoms with Crippen LogP contribution in [0.15, 0.2) is 30.3 Å². The van der Waals surface area contributed by atoms with Crippen LogP contribution in [-0.4, -0.2) is 28.1 Å². The van der Waals surface area contributed by atoms with Gasteiger partial charge in [0.25, 0.3) is 5.91 Å². The molecule has 86 valence electrons. The van der Waals surface area contributed by atoms with E-state index < -0.39 is 17.9 Å². The molecule has 1 unspecified atom stereocenters. The molecule has 0 spiro atoms. The summed E-state index contributed by atoms with van der Waals surface area (Å²) in [7, 11) is 0. The number of carbonyl (C=O) groups is 2. The number of carbonyl (C=O) groups excluding carboxylic acids is 2. The quantitative estimate of drug-likeness (QED) is 0.596. The molecule has 0 saturated carbocycles. The summed E-state index contributed by atoms with van der Waals surface area (Å²) >= 11 is 0. The highest BCUT2D eigenvalue weighted by Crippen LogP contribution is 2.08. The number of amides is 2. The lowest BCUT2D eigenvalue weighted by molar-refractivity contribution is -0.177. The second-order valence-corrected chi connectivity index (χ2v) is 3.40. The lowest BCUT2D eigenvalue weighted by Crippen LogP contribution is -2.41. The van der Waals surface area contributed by atoms with E-state index >= 15 is 0 Å². The topological polar surface area (TPSA) is 69.6 Å². The van der Waals surface area contributed by atoms with Gasteiger partial charge in [0, 0.05) is 12.6 Å². The van der Waals surface area contributed by atoms with Crippen LogP contribution in [0.4, 0.5) is 5.69 Å². The van der Waals surface area contributed by atoms with Gasteiger partial charge in [0.1, 0.15) is 6.04 Å². The Morgan fingerprint density at radius 2 is 1.88 bits per heavy atom. The van der Waals surface area contributed by atoms with Crippen molar-refractivity contribution in [3.63, 3.8) is 0 Å². The lowest BCUT2D eigenvalue weighted by Gasteiger charge is -2.18. The number of hydrogen-bond donors (Lipinski definition) is 2. The van der Waals surface area contributed by atoms with Gasteiger partial charge in [-0.15, -0.1) is 0 Å². The molecule has 5 heteroatoms. The summed E-state index contributed by atoms with van der Waals surface area (Å²) < 4.78 is 0. The van der Waals surface area contributed by atoms with Crippen molar-refractivity contribution in [1.29, 1.82) is 0 Å². The minimum atomic E-state index is -0.702. The predicted octanol–water partition coefficient (Wildman–Crippen LogP) is 1.25. The number of imide groups is 1. The minimum Gasteiger partial charge on any atom is -0.374 e. The fraction of sp³-hybridized carbons (Fsp3) is 0.273. The first-order valence-electron chi connectivity index (χ1n) is 4.87. The highest BCUT2D eigenvalue weighted by atomic mass is 16.5. The van der Waals surface area contributed by atoms with E-state index in [9.17, 15) is 9.59 Å². The molecule has 0 aliphatic rings. The van der Waals surface area contributed by atoms with Gasteiger partial charge in [-0.05, 0) is 19.1 Å². The van der Waals surface area contributed by atoms with Gasteiger partial charge < -0.3 is 5.32 Å². The first kappa shape index (κ1) is 12.2. The number of nitrogens with zero attached hydrogens (tertiary/aromatic N) is 1. The van der Waals surface area contributed by atoms with E-state index in [0.717, 1.165) is 12.6 Å². The Morgan fingerprint density at radius 3 is 2.38 bits per heavy atom. The van der Waals surface area contributed by atoms with Crippen LogP contribution in [0.5, 0.6) is 0 Å².